The van der Waals surface area contributed by atoms with Crippen LogP contribution in [0.1, 0.15) is 28.7 Å². The SMILES string of the molecule is CN1OC2(N=C1N)c1cc(Br)ccc1CC21CCc2c(ccc(F)c2F)C1. The monoisotopic (exact) mass is 433 g/mol. The predicted octanol–water partition coefficient (Wildman–Crippen LogP) is 3.80. The third kappa shape index (κ3) is 2.18. The third-order valence-electron chi connectivity index (χ3n) is 6.22. The summed E-state index contributed by atoms with van der Waals surface area (Å²) in [6.07, 6.45) is 2.38. The fourth-order valence-electron chi connectivity index (χ4n) is 4.94. The second-order valence-electron chi connectivity index (χ2n) is 7.64. The standard InChI is InChI=1S/C20H18BrF2N3O/c1-26-18(24)25-20(27-26)15-8-13(21)4-2-12(15)10-19(20)7-6-14-11(9-19)3-5-16(22)17(14)23/h2-5,8H,6-7,9-10H2,1H3,(H2,24,25). The van der Waals surface area contributed by atoms with Crippen molar-refractivity contribution in [3.63, 3.8) is 0 Å². The summed E-state index contributed by atoms with van der Waals surface area (Å²) in [5.41, 5.74) is 8.15. The normalized spacial score (nSPS) is 28.6. The van der Waals surface area contributed by atoms with Gasteiger partial charge in [0.05, 0.1) is 0 Å². The summed E-state index contributed by atoms with van der Waals surface area (Å²) in [7, 11) is 1.74. The zero-order valence-electron chi connectivity index (χ0n) is 14.7. The Morgan fingerprint density at radius 3 is 2.67 bits per heavy atom. The Hall–Kier alpha value is -1.99. The summed E-state index contributed by atoms with van der Waals surface area (Å²) in [5, 5.41) is 1.50. The Labute approximate surface area is 164 Å². The molecule has 0 fully saturated rings. The first-order valence-electron chi connectivity index (χ1n) is 8.88. The van der Waals surface area contributed by atoms with Crippen LogP contribution < -0.4 is 5.73 Å². The van der Waals surface area contributed by atoms with Crippen molar-refractivity contribution in [3.8, 4) is 0 Å². The highest BCUT2D eigenvalue weighted by Crippen LogP contribution is 2.61. The molecule has 2 atom stereocenters. The molecular weight excluding hydrogens is 416 g/mol. The molecule has 7 heteroatoms. The topological polar surface area (TPSA) is 50.8 Å². The first-order valence-corrected chi connectivity index (χ1v) is 9.67. The Morgan fingerprint density at radius 2 is 1.93 bits per heavy atom. The van der Waals surface area contributed by atoms with E-state index in [1.165, 1.54) is 11.1 Å². The molecule has 27 heavy (non-hydrogen) atoms. The molecule has 3 aliphatic rings. The van der Waals surface area contributed by atoms with Gasteiger partial charge in [-0.1, -0.05) is 28.1 Å². The maximum atomic E-state index is 14.3. The van der Waals surface area contributed by atoms with Crippen LogP contribution in [-0.2, 0) is 29.8 Å². The lowest BCUT2D eigenvalue weighted by Crippen LogP contribution is -2.47. The maximum Gasteiger partial charge on any atom is 0.221 e. The molecule has 2 N–H and O–H groups in total. The number of hydrogen-bond donors (Lipinski definition) is 1. The molecule has 4 nitrogen and oxygen atoms in total. The lowest BCUT2D eigenvalue weighted by atomic mass is 9.65. The minimum Gasteiger partial charge on any atom is -0.368 e. The smallest absolute Gasteiger partial charge is 0.221 e. The fourth-order valence-corrected chi connectivity index (χ4v) is 5.30. The van der Waals surface area contributed by atoms with Gasteiger partial charge in [-0.15, -0.1) is 0 Å². The van der Waals surface area contributed by atoms with Gasteiger partial charge in [-0.3, -0.25) is 0 Å². The highest BCUT2D eigenvalue weighted by Gasteiger charge is 2.63. The summed E-state index contributed by atoms with van der Waals surface area (Å²) >= 11 is 3.54. The van der Waals surface area contributed by atoms with Crippen molar-refractivity contribution >= 4 is 21.9 Å². The lowest BCUT2D eigenvalue weighted by molar-refractivity contribution is -0.224. The largest absolute Gasteiger partial charge is 0.368 e. The Bertz CT molecular complexity index is 1010. The maximum absolute atomic E-state index is 14.3. The molecule has 2 spiro atoms. The molecule has 0 amide bonds. The third-order valence-corrected chi connectivity index (χ3v) is 6.72. The summed E-state index contributed by atoms with van der Waals surface area (Å²) in [6, 6.07) is 9.00. The minimum absolute atomic E-state index is 0.318. The highest BCUT2D eigenvalue weighted by atomic mass is 79.9. The van der Waals surface area contributed by atoms with Gasteiger partial charge in [0.25, 0.3) is 0 Å². The van der Waals surface area contributed by atoms with Gasteiger partial charge in [-0.05, 0) is 60.6 Å². The van der Waals surface area contributed by atoms with E-state index in [9.17, 15) is 8.78 Å². The van der Waals surface area contributed by atoms with Crippen LogP contribution in [0.25, 0.3) is 0 Å². The molecule has 0 saturated heterocycles. The average Bonchev–Trinajstić information content (AvgIpc) is 3.07. The van der Waals surface area contributed by atoms with E-state index < -0.39 is 22.8 Å². The molecule has 2 aromatic carbocycles. The molecule has 140 valence electrons. The van der Waals surface area contributed by atoms with Crippen molar-refractivity contribution in [2.75, 3.05) is 7.05 Å². The summed E-state index contributed by atoms with van der Waals surface area (Å²) in [5.74, 6) is -1.21. The first-order chi connectivity index (χ1) is 12.9. The average molecular weight is 434 g/mol. The van der Waals surface area contributed by atoms with E-state index in [0.717, 1.165) is 27.6 Å². The zero-order valence-corrected chi connectivity index (χ0v) is 16.3. The van der Waals surface area contributed by atoms with Gasteiger partial charge in [-0.2, -0.15) is 0 Å². The van der Waals surface area contributed by atoms with E-state index in [0.29, 0.717) is 30.8 Å². The molecule has 2 aliphatic carbocycles. The van der Waals surface area contributed by atoms with Crippen molar-refractivity contribution in [1.29, 1.82) is 0 Å². The van der Waals surface area contributed by atoms with E-state index in [1.807, 2.05) is 12.1 Å². The molecule has 5 rings (SSSR count). The van der Waals surface area contributed by atoms with Crippen molar-refractivity contribution in [2.45, 2.75) is 31.4 Å². The van der Waals surface area contributed by atoms with Gasteiger partial charge in [0.15, 0.2) is 11.6 Å². The van der Waals surface area contributed by atoms with Crippen LogP contribution in [0, 0.1) is 17.0 Å². The number of hydrogen-bond acceptors (Lipinski definition) is 4. The van der Waals surface area contributed by atoms with E-state index >= 15 is 0 Å². The quantitative estimate of drug-likeness (QED) is 0.687. The number of benzene rings is 2. The van der Waals surface area contributed by atoms with E-state index in [4.69, 9.17) is 15.6 Å². The summed E-state index contributed by atoms with van der Waals surface area (Å²) < 4.78 is 28.9. The number of fused-ring (bicyclic) bond motifs is 4. The van der Waals surface area contributed by atoms with Crippen LogP contribution >= 0.6 is 15.9 Å². The van der Waals surface area contributed by atoms with Crippen molar-refractivity contribution in [1.82, 2.24) is 5.06 Å². The van der Waals surface area contributed by atoms with Crippen LogP contribution in [0.15, 0.2) is 39.8 Å². The second-order valence-corrected chi connectivity index (χ2v) is 8.55. The second kappa shape index (κ2) is 5.52. The molecule has 0 bridgehead atoms. The van der Waals surface area contributed by atoms with Gasteiger partial charge >= 0.3 is 0 Å². The highest BCUT2D eigenvalue weighted by molar-refractivity contribution is 9.10. The van der Waals surface area contributed by atoms with Crippen LogP contribution in [-0.4, -0.2) is 18.1 Å². The van der Waals surface area contributed by atoms with E-state index in [1.54, 1.807) is 13.1 Å². The number of halogens is 3. The number of rotatable bonds is 0. The molecule has 2 unspecified atom stereocenters. The van der Waals surface area contributed by atoms with Gasteiger partial charge in [0.2, 0.25) is 11.7 Å². The molecule has 1 aliphatic heterocycles. The number of nitrogens with zero attached hydrogens (tertiary/aromatic N) is 2. The molecule has 0 saturated carbocycles. The van der Waals surface area contributed by atoms with Crippen molar-refractivity contribution in [3.05, 3.63) is 68.7 Å². The Kier molecular flexibility index (Phi) is 3.50. The number of guanidine groups is 1. The Balaban J connectivity index is 1.69. The molecule has 1 heterocycles. The van der Waals surface area contributed by atoms with Gasteiger partial charge in [-0.25, -0.2) is 23.7 Å². The van der Waals surface area contributed by atoms with E-state index in [-0.39, 0.29) is 0 Å². The molecule has 2 aromatic rings. The van der Waals surface area contributed by atoms with Gasteiger partial charge < -0.3 is 5.73 Å². The number of aliphatic imine (C=N–C) groups is 1. The molecular formula is C20H18BrF2N3O. The Morgan fingerprint density at radius 1 is 1.19 bits per heavy atom. The first kappa shape index (κ1) is 17.1. The zero-order chi connectivity index (χ0) is 19.0. The number of nitrogens with two attached hydrogens (primary N) is 1. The molecule has 0 radical (unpaired) electrons. The van der Waals surface area contributed by atoms with Crippen LogP contribution in [0.3, 0.4) is 0 Å². The van der Waals surface area contributed by atoms with Crippen LogP contribution in [0.4, 0.5) is 8.78 Å². The molecule has 0 aromatic heterocycles. The lowest BCUT2D eigenvalue weighted by Gasteiger charge is -2.44. The predicted molar refractivity (Wildman–Crippen MR) is 101 cm³/mol. The van der Waals surface area contributed by atoms with Crippen molar-refractivity contribution < 1.29 is 13.6 Å². The summed E-state index contributed by atoms with van der Waals surface area (Å²) in [4.78, 5) is 11.1. The van der Waals surface area contributed by atoms with Crippen LogP contribution in [0.2, 0.25) is 0 Å². The van der Waals surface area contributed by atoms with Gasteiger partial charge in [0, 0.05) is 22.5 Å². The van der Waals surface area contributed by atoms with Crippen molar-refractivity contribution in [2.24, 2.45) is 16.1 Å². The minimum atomic E-state index is -0.951. The fraction of sp³-hybridized carbons (Fsp3) is 0.350. The van der Waals surface area contributed by atoms with Gasteiger partial charge in [0.1, 0.15) is 0 Å². The number of hydroxylamine groups is 2. The van der Waals surface area contributed by atoms with Crippen LogP contribution in [0.5, 0.6) is 0 Å². The summed E-state index contributed by atoms with van der Waals surface area (Å²) in [6.45, 7) is 0. The van der Waals surface area contributed by atoms with E-state index in [2.05, 4.69) is 22.0 Å².